The molecule has 0 saturated carbocycles. The Labute approximate surface area is 108 Å². The van der Waals surface area contributed by atoms with Crippen LogP contribution in [-0.4, -0.2) is 21.2 Å². The molecule has 0 radical (unpaired) electrons. The van der Waals surface area contributed by atoms with Gasteiger partial charge in [-0.1, -0.05) is 23.9 Å². The molecule has 5 heteroatoms. The first kappa shape index (κ1) is 12.6. The molecule has 92 valence electrons. The van der Waals surface area contributed by atoms with Gasteiger partial charge in [-0.25, -0.2) is 4.79 Å². The normalized spacial score (nSPS) is 10.3. The highest BCUT2D eigenvalue weighted by molar-refractivity contribution is 7.99. The Kier molecular flexibility index (Phi) is 3.96. The maximum atomic E-state index is 11.0. The predicted molar refractivity (Wildman–Crippen MR) is 67.7 cm³/mol. The topological polar surface area (TPSA) is 70.4 Å². The summed E-state index contributed by atoms with van der Waals surface area (Å²) in [6.07, 6.45) is 3.00. The Hall–Kier alpha value is -1.85. The fourth-order valence-corrected chi connectivity index (χ4v) is 2.33. The van der Waals surface area contributed by atoms with Gasteiger partial charge in [0.1, 0.15) is 0 Å². The highest BCUT2D eigenvalue weighted by Crippen LogP contribution is 2.29. The van der Waals surface area contributed by atoms with Crippen molar-refractivity contribution in [2.24, 2.45) is 0 Å². The van der Waals surface area contributed by atoms with Gasteiger partial charge >= 0.3 is 5.97 Å². The second kappa shape index (κ2) is 5.66. The Morgan fingerprint density at radius 2 is 1.94 bits per heavy atom. The third-order valence-electron chi connectivity index (χ3n) is 2.35. The number of hydrogen-bond donors (Lipinski definition) is 2. The average molecular weight is 261 g/mol. The molecule has 0 fully saturated rings. The van der Waals surface area contributed by atoms with Gasteiger partial charge < -0.3 is 10.2 Å². The van der Waals surface area contributed by atoms with Crippen LogP contribution in [0.1, 0.15) is 15.9 Å². The van der Waals surface area contributed by atoms with Crippen LogP contribution in [0.2, 0.25) is 0 Å². The number of aliphatic hydroxyl groups is 1. The van der Waals surface area contributed by atoms with E-state index in [0.29, 0.717) is 4.90 Å². The van der Waals surface area contributed by atoms with E-state index in [9.17, 15) is 4.79 Å². The van der Waals surface area contributed by atoms with Gasteiger partial charge in [0.2, 0.25) is 0 Å². The Balaban J connectivity index is 2.25. The maximum Gasteiger partial charge on any atom is 0.336 e. The molecule has 0 amide bonds. The van der Waals surface area contributed by atoms with Crippen molar-refractivity contribution in [2.45, 2.75) is 16.4 Å². The molecule has 0 saturated heterocycles. The van der Waals surface area contributed by atoms with Crippen LogP contribution < -0.4 is 0 Å². The van der Waals surface area contributed by atoms with Crippen LogP contribution in [0.4, 0.5) is 0 Å². The number of aromatic nitrogens is 1. The summed E-state index contributed by atoms with van der Waals surface area (Å²) in [5, 5.41) is 18.0. The van der Waals surface area contributed by atoms with E-state index in [1.54, 1.807) is 12.1 Å². The Morgan fingerprint density at radius 1 is 1.22 bits per heavy atom. The molecule has 0 spiro atoms. The van der Waals surface area contributed by atoms with Crippen LogP contribution >= 0.6 is 11.8 Å². The first-order valence-corrected chi connectivity index (χ1v) is 6.07. The summed E-state index contributed by atoms with van der Waals surface area (Å²) in [5.41, 5.74) is 1.06. The van der Waals surface area contributed by atoms with Gasteiger partial charge in [-0.15, -0.1) is 0 Å². The number of rotatable bonds is 4. The van der Waals surface area contributed by atoms with Gasteiger partial charge in [-0.3, -0.25) is 4.98 Å². The van der Waals surface area contributed by atoms with Crippen molar-refractivity contribution < 1.29 is 15.0 Å². The Bertz CT molecular complexity index is 554. The number of carboxylic acid groups (broad SMARTS) is 1. The summed E-state index contributed by atoms with van der Waals surface area (Å²) in [6.45, 7) is -0.00177. The van der Waals surface area contributed by atoms with Crippen molar-refractivity contribution in [1.29, 1.82) is 0 Å². The van der Waals surface area contributed by atoms with E-state index < -0.39 is 5.97 Å². The first-order chi connectivity index (χ1) is 8.70. The molecular formula is C13H11NO3S. The van der Waals surface area contributed by atoms with E-state index in [4.69, 9.17) is 10.2 Å². The van der Waals surface area contributed by atoms with Gasteiger partial charge in [-0.2, -0.15) is 0 Å². The molecule has 0 aliphatic heterocycles. The molecule has 4 nitrogen and oxygen atoms in total. The van der Waals surface area contributed by atoms with Crippen molar-refractivity contribution in [1.82, 2.24) is 4.98 Å². The van der Waals surface area contributed by atoms with Crippen molar-refractivity contribution in [2.75, 3.05) is 0 Å². The Morgan fingerprint density at radius 3 is 2.56 bits per heavy atom. The van der Waals surface area contributed by atoms with E-state index in [1.165, 1.54) is 30.2 Å². The highest BCUT2D eigenvalue weighted by atomic mass is 32.2. The summed E-state index contributed by atoms with van der Waals surface area (Å²) in [4.78, 5) is 16.5. The average Bonchev–Trinajstić information content (AvgIpc) is 2.40. The zero-order valence-electron chi connectivity index (χ0n) is 9.41. The van der Waals surface area contributed by atoms with Crippen LogP contribution in [0.25, 0.3) is 0 Å². The lowest BCUT2D eigenvalue weighted by atomic mass is 10.2. The van der Waals surface area contributed by atoms with Crippen LogP contribution in [0.5, 0.6) is 0 Å². The summed E-state index contributed by atoms with van der Waals surface area (Å²) >= 11 is 1.34. The molecule has 18 heavy (non-hydrogen) atoms. The molecule has 2 aromatic rings. The molecule has 1 aromatic carbocycles. The van der Waals surface area contributed by atoms with Crippen LogP contribution in [0, 0.1) is 0 Å². The van der Waals surface area contributed by atoms with E-state index in [1.807, 2.05) is 12.1 Å². The molecule has 0 bridgehead atoms. The lowest BCUT2D eigenvalue weighted by Crippen LogP contribution is -1.98. The minimum Gasteiger partial charge on any atom is -0.478 e. The number of nitrogens with zero attached hydrogens (tertiary/aromatic N) is 1. The number of carboxylic acids is 1. The largest absolute Gasteiger partial charge is 0.478 e. The molecule has 0 atom stereocenters. The molecule has 0 aliphatic carbocycles. The smallest absolute Gasteiger partial charge is 0.336 e. The highest BCUT2D eigenvalue weighted by Gasteiger charge is 2.10. The molecular weight excluding hydrogens is 250 g/mol. The van der Waals surface area contributed by atoms with Crippen LogP contribution in [0.15, 0.2) is 52.5 Å². The zero-order chi connectivity index (χ0) is 13.0. The maximum absolute atomic E-state index is 11.0. The lowest BCUT2D eigenvalue weighted by Gasteiger charge is -2.05. The zero-order valence-corrected chi connectivity index (χ0v) is 10.2. The van der Waals surface area contributed by atoms with Crippen molar-refractivity contribution >= 4 is 17.7 Å². The summed E-state index contributed by atoms with van der Waals surface area (Å²) in [5.74, 6) is -0.966. The third-order valence-corrected chi connectivity index (χ3v) is 3.40. The number of carbonyl (C=O) groups is 1. The predicted octanol–water partition coefficient (Wildman–Crippen LogP) is 2.42. The van der Waals surface area contributed by atoms with Gasteiger partial charge in [0.25, 0.3) is 0 Å². The lowest BCUT2D eigenvalue weighted by molar-refractivity contribution is 0.0693. The molecule has 1 heterocycles. The summed E-state index contributed by atoms with van der Waals surface area (Å²) in [6, 6.07) is 8.77. The van der Waals surface area contributed by atoms with Gasteiger partial charge in [0.15, 0.2) is 0 Å². The molecule has 1 aromatic heterocycles. The number of benzene rings is 1. The molecule has 2 N–H and O–H groups in total. The van der Waals surface area contributed by atoms with Gasteiger partial charge in [0, 0.05) is 22.2 Å². The second-order valence-electron chi connectivity index (χ2n) is 3.58. The second-order valence-corrected chi connectivity index (χ2v) is 4.70. The standard InChI is InChI=1S/C13H11NO3S/c15-8-9-1-3-10(4-2-9)18-12-7-14-6-5-11(12)13(16)17/h1-7,15H,8H2,(H,16,17). The number of pyridine rings is 1. The monoisotopic (exact) mass is 261 g/mol. The SMILES string of the molecule is O=C(O)c1ccncc1Sc1ccc(CO)cc1. The number of aliphatic hydroxyl groups excluding tert-OH is 1. The molecule has 0 aliphatic rings. The van der Waals surface area contributed by atoms with E-state index in [0.717, 1.165) is 10.5 Å². The quantitative estimate of drug-likeness (QED) is 0.884. The van der Waals surface area contributed by atoms with Crippen LogP contribution in [-0.2, 0) is 6.61 Å². The van der Waals surface area contributed by atoms with Crippen molar-refractivity contribution in [3.63, 3.8) is 0 Å². The van der Waals surface area contributed by atoms with Crippen LogP contribution in [0.3, 0.4) is 0 Å². The number of hydrogen-bond acceptors (Lipinski definition) is 4. The third kappa shape index (κ3) is 2.88. The minimum absolute atomic E-state index is 0.00177. The number of aromatic carboxylic acids is 1. The molecule has 0 unspecified atom stereocenters. The van der Waals surface area contributed by atoms with Gasteiger partial charge in [0.05, 0.1) is 12.2 Å². The summed E-state index contributed by atoms with van der Waals surface area (Å²) in [7, 11) is 0. The minimum atomic E-state index is -0.966. The van der Waals surface area contributed by atoms with E-state index in [-0.39, 0.29) is 12.2 Å². The summed E-state index contributed by atoms with van der Waals surface area (Å²) < 4.78 is 0. The fraction of sp³-hybridized carbons (Fsp3) is 0.0769. The van der Waals surface area contributed by atoms with Crippen molar-refractivity contribution in [3.8, 4) is 0 Å². The van der Waals surface area contributed by atoms with E-state index >= 15 is 0 Å². The van der Waals surface area contributed by atoms with E-state index in [2.05, 4.69) is 4.98 Å². The van der Waals surface area contributed by atoms with Crippen molar-refractivity contribution in [3.05, 3.63) is 53.9 Å². The fourth-order valence-electron chi connectivity index (χ4n) is 1.43. The molecule has 2 rings (SSSR count). The van der Waals surface area contributed by atoms with Gasteiger partial charge in [-0.05, 0) is 23.8 Å². The first-order valence-electron chi connectivity index (χ1n) is 5.25.